The van der Waals surface area contributed by atoms with Crippen molar-refractivity contribution in [3.8, 4) is 0 Å². The minimum Gasteiger partial charge on any atom is -0.320 e. The molecule has 2 N–H and O–H groups in total. The molecule has 0 fully saturated rings. The highest BCUT2D eigenvalue weighted by Gasteiger charge is 2.15. The van der Waals surface area contributed by atoms with Gasteiger partial charge in [0.2, 0.25) is 0 Å². The number of hydrogen-bond donors (Lipinski definition) is 2. The molecule has 1 aromatic carbocycles. The zero-order chi connectivity index (χ0) is 14.8. The Bertz CT molecular complexity index is 842. The largest absolute Gasteiger partial charge is 0.320 e. The van der Waals surface area contributed by atoms with Gasteiger partial charge in [0.25, 0.3) is 11.6 Å². The van der Waals surface area contributed by atoms with E-state index in [1.807, 2.05) is 0 Å². The number of nitrogens with one attached hydrogen (secondary N) is 2. The van der Waals surface area contributed by atoms with Crippen molar-refractivity contribution in [3.63, 3.8) is 0 Å². The Morgan fingerprint density at radius 1 is 1.33 bits per heavy atom. The molecule has 0 aliphatic rings. The van der Waals surface area contributed by atoms with Crippen LogP contribution < -0.4 is 5.32 Å². The number of nitro groups is 1. The van der Waals surface area contributed by atoms with Crippen LogP contribution in [0.5, 0.6) is 0 Å². The number of carbonyl (C=O) groups is 1. The fourth-order valence-corrected chi connectivity index (χ4v) is 1.92. The molecule has 8 nitrogen and oxygen atoms in total. The van der Waals surface area contributed by atoms with Gasteiger partial charge in [-0.15, -0.1) is 0 Å². The summed E-state index contributed by atoms with van der Waals surface area (Å²) in [5, 5.41) is 20.5. The first-order valence-electron chi connectivity index (χ1n) is 5.99. The van der Waals surface area contributed by atoms with Crippen LogP contribution in [-0.4, -0.2) is 26.0 Å². The molecule has 3 rings (SSSR count). The number of anilines is 1. The maximum atomic E-state index is 12.2. The van der Waals surface area contributed by atoms with Gasteiger partial charge in [0.1, 0.15) is 0 Å². The number of nitro benzene ring substituents is 1. The van der Waals surface area contributed by atoms with E-state index in [4.69, 9.17) is 0 Å². The van der Waals surface area contributed by atoms with E-state index in [0.29, 0.717) is 16.6 Å². The maximum absolute atomic E-state index is 12.2. The first-order valence-corrected chi connectivity index (χ1v) is 5.99. The van der Waals surface area contributed by atoms with Crippen molar-refractivity contribution in [2.24, 2.45) is 0 Å². The lowest BCUT2D eigenvalue weighted by Gasteiger charge is -2.03. The topological polar surface area (TPSA) is 114 Å². The molecule has 0 atom stereocenters. The second-order valence-electron chi connectivity index (χ2n) is 4.26. The molecular formula is C13H9N5O3. The fourth-order valence-electron chi connectivity index (χ4n) is 1.92. The molecule has 0 saturated heterocycles. The van der Waals surface area contributed by atoms with Crippen LogP contribution in [0.1, 0.15) is 10.5 Å². The number of amides is 1. The van der Waals surface area contributed by atoms with Crippen LogP contribution in [0, 0.1) is 10.1 Å². The summed E-state index contributed by atoms with van der Waals surface area (Å²) in [6, 6.07) is 7.40. The highest BCUT2D eigenvalue weighted by molar-refractivity contribution is 6.10. The van der Waals surface area contributed by atoms with Crippen LogP contribution >= 0.6 is 0 Å². The molecule has 3 aromatic rings. The van der Waals surface area contributed by atoms with Gasteiger partial charge in [0, 0.05) is 30.2 Å². The number of carbonyl (C=O) groups excluding carboxylic acids is 1. The number of rotatable bonds is 3. The Balaban J connectivity index is 1.90. The van der Waals surface area contributed by atoms with Gasteiger partial charge in [-0.2, -0.15) is 5.10 Å². The minimum absolute atomic E-state index is 0.0960. The number of fused-ring (bicyclic) bond motifs is 1. The fraction of sp³-hybridized carbons (Fsp3) is 0. The van der Waals surface area contributed by atoms with Crippen LogP contribution in [0.4, 0.5) is 11.4 Å². The molecule has 0 radical (unpaired) electrons. The minimum atomic E-state index is -0.524. The predicted octanol–water partition coefficient (Wildman–Crippen LogP) is 2.12. The summed E-state index contributed by atoms with van der Waals surface area (Å²) in [7, 11) is 0. The normalized spacial score (nSPS) is 10.5. The van der Waals surface area contributed by atoms with Crippen LogP contribution in [0.2, 0.25) is 0 Å². The maximum Gasteiger partial charge on any atom is 0.276 e. The molecule has 21 heavy (non-hydrogen) atoms. The number of aromatic amines is 1. The van der Waals surface area contributed by atoms with Gasteiger partial charge in [-0.25, -0.2) is 0 Å². The van der Waals surface area contributed by atoms with Crippen LogP contribution in [0.3, 0.4) is 0 Å². The summed E-state index contributed by atoms with van der Waals surface area (Å²) < 4.78 is 0. The first kappa shape index (κ1) is 12.7. The average Bonchev–Trinajstić information content (AvgIpc) is 2.91. The molecular weight excluding hydrogens is 274 g/mol. The Hall–Kier alpha value is -3.29. The van der Waals surface area contributed by atoms with Gasteiger partial charge in [0.05, 0.1) is 15.8 Å². The number of pyridine rings is 1. The van der Waals surface area contributed by atoms with E-state index in [0.717, 1.165) is 0 Å². The van der Waals surface area contributed by atoms with Gasteiger partial charge >= 0.3 is 0 Å². The highest BCUT2D eigenvalue weighted by Crippen LogP contribution is 2.19. The van der Waals surface area contributed by atoms with Gasteiger partial charge in [0.15, 0.2) is 5.69 Å². The Morgan fingerprint density at radius 2 is 2.19 bits per heavy atom. The second-order valence-corrected chi connectivity index (χ2v) is 4.26. The smallest absolute Gasteiger partial charge is 0.276 e. The Morgan fingerprint density at radius 3 is 3.00 bits per heavy atom. The van der Waals surface area contributed by atoms with E-state index in [9.17, 15) is 14.9 Å². The molecule has 8 heteroatoms. The number of aromatic nitrogens is 3. The van der Waals surface area contributed by atoms with Crippen molar-refractivity contribution in [2.45, 2.75) is 0 Å². The molecule has 0 aliphatic heterocycles. The molecule has 1 amide bonds. The number of nitrogens with zero attached hydrogens (tertiary/aromatic N) is 3. The summed E-state index contributed by atoms with van der Waals surface area (Å²) in [6.45, 7) is 0. The third-order valence-electron chi connectivity index (χ3n) is 2.89. The summed E-state index contributed by atoms with van der Waals surface area (Å²) in [6.07, 6.45) is 3.12. The molecule has 0 bridgehead atoms. The summed E-state index contributed by atoms with van der Waals surface area (Å²) in [4.78, 5) is 26.3. The van der Waals surface area contributed by atoms with E-state index >= 15 is 0 Å². The van der Waals surface area contributed by atoms with Crippen molar-refractivity contribution in [1.29, 1.82) is 0 Å². The van der Waals surface area contributed by atoms with Gasteiger partial charge in [-0.05, 0) is 12.1 Å². The highest BCUT2D eigenvalue weighted by atomic mass is 16.6. The van der Waals surface area contributed by atoms with Crippen molar-refractivity contribution in [2.75, 3.05) is 5.32 Å². The summed E-state index contributed by atoms with van der Waals surface area (Å²) >= 11 is 0. The van der Waals surface area contributed by atoms with E-state index in [1.54, 1.807) is 18.3 Å². The predicted molar refractivity (Wildman–Crippen MR) is 74.9 cm³/mol. The van der Waals surface area contributed by atoms with E-state index in [2.05, 4.69) is 20.5 Å². The SMILES string of the molecule is O=C(Nc1cccc([N+](=O)[O-])c1)c1n[nH]c2ccncc12. The number of benzene rings is 1. The Labute approximate surface area is 118 Å². The van der Waals surface area contributed by atoms with E-state index in [1.165, 1.54) is 24.4 Å². The molecule has 0 unspecified atom stereocenters. The lowest BCUT2D eigenvalue weighted by Crippen LogP contribution is -2.12. The monoisotopic (exact) mass is 283 g/mol. The molecule has 104 valence electrons. The Kier molecular flexibility index (Phi) is 3.03. The van der Waals surface area contributed by atoms with E-state index in [-0.39, 0.29) is 11.4 Å². The zero-order valence-electron chi connectivity index (χ0n) is 10.6. The first-order chi connectivity index (χ1) is 10.1. The number of H-pyrrole nitrogens is 1. The number of non-ortho nitro benzene ring substituents is 1. The van der Waals surface area contributed by atoms with Crippen LogP contribution in [0.15, 0.2) is 42.7 Å². The lowest BCUT2D eigenvalue weighted by atomic mass is 10.2. The van der Waals surface area contributed by atoms with Crippen LogP contribution in [-0.2, 0) is 0 Å². The quantitative estimate of drug-likeness (QED) is 0.564. The third-order valence-corrected chi connectivity index (χ3v) is 2.89. The molecule has 2 aromatic heterocycles. The summed E-state index contributed by atoms with van der Waals surface area (Å²) in [5.74, 6) is -0.463. The van der Waals surface area contributed by atoms with Crippen molar-refractivity contribution < 1.29 is 9.72 Å². The molecule has 0 spiro atoms. The van der Waals surface area contributed by atoms with Crippen molar-refractivity contribution >= 4 is 28.2 Å². The second kappa shape index (κ2) is 5.00. The molecule has 2 heterocycles. The zero-order valence-corrected chi connectivity index (χ0v) is 10.6. The van der Waals surface area contributed by atoms with E-state index < -0.39 is 10.8 Å². The third kappa shape index (κ3) is 2.41. The molecule has 0 aliphatic carbocycles. The average molecular weight is 283 g/mol. The van der Waals surface area contributed by atoms with Gasteiger partial charge in [-0.1, -0.05) is 6.07 Å². The number of hydrogen-bond acceptors (Lipinski definition) is 5. The van der Waals surface area contributed by atoms with Crippen molar-refractivity contribution in [1.82, 2.24) is 15.2 Å². The van der Waals surface area contributed by atoms with Crippen molar-refractivity contribution in [3.05, 3.63) is 58.5 Å². The lowest BCUT2D eigenvalue weighted by molar-refractivity contribution is -0.384. The standard InChI is InChI=1S/C13H9N5O3/c19-13(12-10-7-14-5-4-11(10)16-17-12)15-8-2-1-3-9(6-8)18(20)21/h1-7H,(H,15,19)(H,16,17). The van der Waals surface area contributed by atoms with Gasteiger partial charge in [-0.3, -0.25) is 25.0 Å². The van der Waals surface area contributed by atoms with Crippen LogP contribution in [0.25, 0.3) is 10.9 Å². The molecule has 0 saturated carbocycles. The van der Waals surface area contributed by atoms with Gasteiger partial charge < -0.3 is 5.32 Å². The summed E-state index contributed by atoms with van der Waals surface area (Å²) in [5.41, 5.74) is 1.11.